The molecule has 0 atom stereocenters. The first-order valence-electron chi connectivity index (χ1n) is 8.34. The molecule has 1 fully saturated rings. The molecule has 0 aliphatic carbocycles. The van der Waals surface area contributed by atoms with Crippen LogP contribution in [0.2, 0.25) is 10.1 Å². The van der Waals surface area contributed by atoms with Crippen LogP contribution < -0.4 is 10.6 Å². The summed E-state index contributed by atoms with van der Waals surface area (Å²) in [6.45, 7) is 13.2. The fraction of sp³-hybridized carbons (Fsp3) is 0.667. The topological polar surface area (TPSA) is 38.5 Å². The number of benzene rings is 1. The minimum Gasteiger partial charge on any atom is -0.412 e. The maximum atomic E-state index is 6.28. The Kier molecular flexibility index (Phi) is 5.70. The van der Waals surface area contributed by atoms with Crippen molar-refractivity contribution in [2.75, 3.05) is 23.7 Å². The van der Waals surface area contributed by atoms with Gasteiger partial charge in [-0.05, 0) is 55.8 Å². The first-order valence-corrected chi connectivity index (χ1v) is 9.62. The van der Waals surface area contributed by atoms with E-state index in [2.05, 4.69) is 39.5 Å². The minimum atomic E-state index is -0.0661. The Balaban J connectivity index is 1.95. The number of rotatable bonds is 4. The molecule has 23 heavy (non-hydrogen) atoms. The highest BCUT2D eigenvalue weighted by molar-refractivity contribution is 6.32. The van der Waals surface area contributed by atoms with Crippen molar-refractivity contribution in [1.29, 1.82) is 0 Å². The van der Waals surface area contributed by atoms with Crippen molar-refractivity contribution in [2.45, 2.75) is 58.1 Å². The zero-order chi connectivity index (χ0) is 17.3. The lowest BCUT2D eigenvalue weighted by atomic mass is 9.83. The van der Waals surface area contributed by atoms with Crippen molar-refractivity contribution in [1.82, 2.24) is 0 Å². The van der Waals surface area contributed by atoms with Crippen LogP contribution in [0.4, 0.5) is 11.4 Å². The average Bonchev–Trinajstić information content (AvgIpc) is 2.45. The Morgan fingerprint density at radius 2 is 1.78 bits per heavy atom. The van der Waals surface area contributed by atoms with Gasteiger partial charge in [-0.1, -0.05) is 32.4 Å². The number of hydrogen-bond donors (Lipinski definition) is 1. The van der Waals surface area contributed by atoms with Crippen molar-refractivity contribution >= 4 is 32.7 Å². The van der Waals surface area contributed by atoms with Gasteiger partial charge in [-0.2, -0.15) is 0 Å². The van der Waals surface area contributed by atoms with Crippen LogP contribution in [0.25, 0.3) is 0 Å². The van der Waals surface area contributed by atoms with E-state index >= 15 is 0 Å². The first-order chi connectivity index (χ1) is 10.6. The summed E-state index contributed by atoms with van der Waals surface area (Å²) < 4.78 is 6.28. The van der Waals surface area contributed by atoms with Gasteiger partial charge in [-0.25, -0.2) is 0 Å². The van der Waals surface area contributed by atoms with E-state index in [0.717, 1.165) is 37.3 Å². The van der Waals surface area contributed by atoms with E-state index in [1.165, 1.54) is 0 Å². The standard InChI is InChI=1S/C18H29ClN2OSi/c1-17(2,3)23-22-18(4,5)13-8-10-21(11-9-13)16-7-6-14(19)12-15(16)20/h6-7,12-13H,8-11,20H2,1-5H3. The molecule has 0 spiro atoms. The smallest absolute Gasteiger partial charge is 0.236 e. The molecule has 1 aromatic rings. The van der Waals surface area contributed by atoms with E-state index in [9.17, 15) is 0 Å². The van der Waals surface area contributed by atoms with E-state index in [0.29, 0.717) is 20.7 Å². The predicted molar refractivity (Wildman–Crippen MR) is 101 cm³/mol. The molecule has 0 aromatic heterocycles. The Morgan fingerprint density at radius 3 is 2.30 bits per heavy atom. The van der Waals surface area contributed by atoms with Crippen LogP contribution in [0.3, 0.4) is 0 Å². The van der Waals surface area contributed by atoms with Gasteiger partial charge in [-0.15, -0.1) is 0 Å². The molecule has 2 N–H and O–H groups in total. The van der Waals surface area contributed by atoms with Gasteiger partial charge in [0, 0.05) is 18.1 Å². The number of hydrogen-bond acceptors (Lipinski definition) is 3. The fourth-order valence-electron chi connectivity index (χ4n) is 3.00. The Hall–Kier alpha value is -0.713. The monoisotopic (exact) mass is 352 g/mol. The summed E-state index contributed by atoms with van der Waals surface area (Å²) in [5.74, 6) is 0.585. The van der Waals surface area contributed by atoms with Crippen LogP contribution in [-0.2, 0) is 4.43 Å². The highest BCUT2D eigenvalue weighted by Gasteiger charge is 2.34. The molecule has 1 saturated heterocycles. The lowest BCUT2D eigenvalue weighted by Gasteiger charge is -2.42. The van der Waals surface area contributed by atoms with Gasteiger partial charge in [0.1, 0.15) is 0 Å². The molecular formula is C18H29ClN2OSi. The van der Waals surface area contributed by atoms with Crippen molar-refractivity contribution in [3.05, 3.63) is 23.2 Å². The van der Waals surface area contributed by atoms with Gasteiger partial charge < -0.3 is 15.1 Å². The number of nitrogens with two attached hydrogens (primary N) is 1. The summed E-state index contributed by atoms with van der Waals surface area (Å²) in [4.78, 5) is 2.37. The predicted octanol–water partition coefficient (Wildman–Crippen LogP) is 4.77. The molecule has 1 aliphatic heterocycles. The molecule has 0 bridgehead atoms. The molecule has 0 amide bonds. The SMILES string of the molecule is CC(C)(C)[Si]OC(C)(C)C1CCN(c2ccc(Cl)cc2N)CC1. The van der Waals surface area contributed by atoms with Crippen LogP contribution in [0, 0.1) is 5.92 Å². The fourth-order valence-corrected chi connectivity index (χ4v) is 3.91. The van der Waals surface area contributed by atoms with Crippen molar-refractivity contribution in [3.8, 4) is 0 Å². The van der Waals surface area contributed by atoms with Gasteiger partial charge in [-0.3, -0.25) is 0 Å². The number of nitrogen functional groups attached to an aromatic ring is 1. The number of anilines is 2. The summed E-state index contributed by atoms with van der Waals surface area (Å²) in [5.41, 5.74) is 7.92. The Labute approximate surface area is 148 Å². The lowest BCUT2D eigenvalue weighted by molar-refractivity contribution is 0.0312. The van der Waals surface area contributed by atoms with Crippen LogP contribution in [0.5, 0.6) is 0 Å². The second kappa shape index (κ2) is 7.04. The zero-order valence-electron chi connectivity index (χ0n) is 14.9. The van der Waals surface area contributed by atoms with E-state index in [4.69, 9.17) is 21.8 Å². The number of halogens is 1. The highest BCUT2D eigenvalue weighted by Crippen LogP contribution is 2.36. The largest absolute Gasteiger partial charge is 0.412 e. The van der Waals surface area contributed by atoms with Crippen LogP contribution in [-0.4, -0.2) is 28.5 Å². The second-order valence-corrected chi connectivity index (χ2v) is 10.4. The third kappa shape index (κ3) is 5.13. The molecular weight excluding hydrogens is 324 g/mol. The summed E-state index contributed by atoms with van der Waals surface area (Å²) >= 11 is 6.00. The normalized spacial score (nSPS) is 17.6. The first kappa shape index (κ1) is 18.6. The molecule has 1 aromatic carbocycles. The molecule has 3 nitrogen and oxygen atoms in total. The zero-order valence-corrected chi connectivity index (χ0v) is 16.7. The molecule has 5 heteroatoms. The van der Waals surface area contributed by atoms with Crippen molar-refractivity contribution in [3.63, 3.8) is 0 Å². The molecule has 128 valence electrons. The minimum absolute atomic E-state index is 0.0661. The summed E-state index contributed by atoms with van der Waals surface area (Å²) in [6, 6.07) is 5.78. The molecule has 1 heterocycles. The third-order valence-corrected chi connectivity index (χ3v) is 5.90. The number of piperidine rings is 1. The van der Waals surface area contributed by atoms with Crippen LogP contribution >= 0.6 is 11.6 Å². The summed E-state index contributed by atoms with van der Waals surface area (Å²) in [5, 5.41) is 0.925. The maximum Gasteiger partial charge on any atom is 0.236 e. The average molecular weight is 353 g/mol. The highest BCUT2D eigenvalue weighted by atomic mass is 35.5. The van der Waals surface area contributed by atoms with Gasteiger partial charge >= 0.3 is 0 Å². The van der Waals surface area contributed by atoms with Gasteiger partial charge in [0.15, 0.2) is 0 Å². The molecule has 0 saturated carbocycles. The maximum absolute atomic E-state index is 6.28. The molecule has 0 unspecified atom stereocenters. The van der Waals surface area contributed by atoms with Crippen LogP contribution in [0.15, 0.2) is 18.2 Å². The van der Waals surface area contributed by atoms with E-state index in [1.807, 2.05) is 18.2 Å². The van der Waals surface area contributed by atoms with Crippen molar-refractivity contribution < 1.29 is 4.43 Å². The van der Waals surface area contributed by atoms with E-state index in [-0.39, 0.29) is 10.6 Å². The molecule has 2 radical (unpaired) electrons. The summed E-state index contributed by atoms with van der Waals surface area (Å²) in [6.07, 6.45) is 2.26. The molecule has 2 rings (SSSR count). The quantitative estimate of drug-likeness (QED) is 0.626. The Morgan fingerprint density at radius 1 is 1.17 bits per heavy atom. The van der Waals surface area contributed by atoms with Crippen molar-refractivity contribution in [2.24, 2.45) is 5.92 Å². The number of nitrogens with zero attached hydrogens (tertiary/aromatic N) is 1. The molecule has 1 aliphatic rings. The third-order valence-electron chi connectivity index (χ3n) is 4.43. The lowest BCUT2D eigenvalue weighted by Crippen LogP contribution is -2.44. The van der Waals surface area contributed by atoms with Gasteiger partial charge in [0.25, 0.3) is 0 Å². The van der Waals surface area contributed by atoms with Gasteiger partial charge in [0.2, 0.25) is 9.76 Å². The second-order valence-electron chi connectivity index (χ2n) is 8.02. The van der Waals surface area contributed by atoms with Crippen LogP contribution in [0.1, 0.15) is 47.5 Å². The van der Waals surface area contributed by atoms with Gasteiger partial charge in [0.05, 0.1) is 17.0 Å². The van der Waals surface area contributed by atoms with E-state index < -0.39 is 0 Å². The Bertz CT molecular complexity index is 534. The summed E-state index contributed by atoms with van der Waals surface area (Å²) in [7, 11) is 0.532. The van der Waals surface area contributed by atoms with E-state index in [1.54, 1.807) is 0 Å².